The summed E-state index contributed by atoms with van der Waals surface area (Å²) >= 11 is 1.40. The maximum atomic E-state index is 12.2. The Hall–Kier alpha value is -2.47. The maximum absolute atomic E-state index is 12.2. The fourth-order valence-electron chi connectivity index (χ4n) is 2.56. The van der Waals surface area contributed by atoms with Crippen molar-refractivity contribution >= 4 is 34.1 Å². The second kappa shape index (κ2) is 7.40. The Balaban J connectivity index is 1.60. The van der Waals surface area contributed by atoms with Crippen molar-refractivity contribution in [2.45, 2.75) is 32.2 Å². The molecule has 0 aliphatic rings. The van der Waals surface area contributed by atoms with Crippen molar-refractivity contribution in [3.8, 4) is 0 Å². The fraction of sp³-hybridized carbons (Fsp3) is 0.278. The average Bonchev–Trinajstić information content (AvgIpc) is 3.26. The van der Waals surface area contributed by atoms with Crippen LogP contribution in [0, 0.1) is 0 Å². The molecule has 0 saturated carbocycles. The molecule has 0 fully saturated rings. The lowest BCUT2D eigenvalue weighted by Gasteiger charge is -2.14. The summed E-state index contributed by atoms with van der Waals surface area (Å²) in [5.41, 5.74) is 1.83. The highest BCUT2D eigenvalue weighted by atomic mass is 32.1. The predicted octanol–water partition coefficient (Wildman–Crippen LogP) is 3.85. The minimum Gasteiger partial charge on any atom is -0.346 e. The van der Waals surface area contributed by atoms with E-state index in [2.05, 4.69) is 15.3 Å². The lowest BCUT2D eigenvalue weighted by atomic mass is 10.1. The van der Waals surface area contributed by atoms with Crippen LogP contribution in [0.3, 0.4) is 0 Å². The number of benzene rings is 1. The Morgan fingerprint density at radius 3 is 2.75 bits per heavy atom. The summed E-state index contributed by atoms with van der Waals surface area (Å²) in [4.78, 5) is 32.6. The van der Waals surface area contributed by atoms with Gasteiger partial charge in [0, 0.05) is 12.8 Å². The SMILES string of the molecule is CCC(NC(=O)CCC(=O)c1cccs1)c1nc2ccccc2[nH]1. The van der Waals surface area contributed by atoms with Gasteiger partial charge in [0.25, 0.3) is 0 Å². The molecule has 2 aromatic heterocycles. The number of Topliss-reactive ketones (excluding diaryl/α,β-unsaturated/α-hetero) is 1. The Labute approximate surface area is 144 Å². The van der Waals surface area contributed by atoms with E-state index in [-0.39, 0.29) is 30.6 Å². The van der Waals surface area contributed by atoms with Crippen LogP contribution < -0.4 is 5.32 Å². The molecule has 0 aliphatic carbocycles. The molecule has 1 amide bonds. The van der Waals surface area contributed by atoms with E-state index in [0.29, 0.717) is 4.88 Å². The summed E-state index contributed by atoms with van der Waals surface area (Å²) in [6.45, 7) is 1.99. The standard InChI is InChI=1S/C18H19N3O2S/c1-2-12(18-20-13-6-3-4-7-14(13)21-18)19-17(23)10-9-15(22)16-8-5-11-24-16/h3-8,11-12H,2,9-10H2,1H3,(H,19,23)(H,20,21). The van der Waals surface area contributed by atoms with E-state index in [1.807, 2.05) is 42.6 Å². The highest BCUT2D eigenvalue weighted by Crippen LogP contribution is 2.19. The van der Waals surface area contributed by atoms with Crippen molar-refractivity contribution in [1.82, 2.24) is 15.3 Å². The normalized spacial score (nSPS) is 12.2. The van der Waals surface area contributed by atoms with Gasteiger partial charge in [-0.1, -0.05) is 25.1 Å². The van der Waals surface area contributed by atoms with Crippen LogP contribution in [0.5, 0.6) is 0 Å². The van der Waals surface area contributed by atoms with Crippen molar-refractivity contribution in [3.05, 3.63) is 52.5 Å². The van der Waals surface area contributed by atoms with Gasteiger partial charge in [0.15, 0.2) is 5.78 Å². The maximum Gasteiger partial charge on any atom is 0.221 e. The van der Waals surface area contributed by atoms with Gasteiger partial charge in [0.2, 0.25) is 5.91 Å². The minimum atomic E-state index is -0.179. The summed E-state index contributed by atoms with van der Waals surface area (Å²) in [6.07, 6.45) is 1.14. The summed E-state index contributed by atoms with van der Waals surface area (Å²) in [5.74, 6) is 0.626. The zero-order valence-corrected chi connectivity index (χ0v) is 14.2. The number of para-hydroxylation sites is 2. The molecule has 0 aliphatic heterocycles. The lowest BCUT2D eigenvalue weighted by Crippen LogP contribution is -2.29. The molecule has 6 heteroatoms. The minimum absolute atomic E-state index is 0.0111. The number of hydrogen-bond acceptors (Lipinski definition) is 4. The van der Waals surface area contributed by atoms with E-state index in [1.54, 1.807) is 6.07 Å². The van der Waals surface area contributed by atoms with Gasteiger partial charge in [-0.2, -0.15) is 0 Å². The molecule has 3 rings (SSSR count). The second-order valence-corrected chi connectivity index (χ2v) is 6.52. The number of imidazole rings is 1. The molecule has 0 saturated heterocycles. The third kappa shape index (κ3) is 3.71. The van der Waals surface area contributed by atoms with Gasteiger partial charge in [-0.25, -0.2) is 4.98 Å². The largest absolute Gasteiger partial charge is 0.346 e. The monoisotopic (exact) mass is 341 g/mol. The number of amides is 1. The van der Waals surface area contributed by atoms with Crippen LogP contribution in [0.15, 0.2) is 41.8 Å². The number of carbonyl (C=O) groups is 2. The summed E-state index contributed by atoms with van der Waals surface area (Å²) in [6, 6.07) is 11.2. The van der Waals surface area contributed by atoms with Crippen molar-refractivity contribution < 1.29 is 9.59 Å². The number of nitrogens with one attached hydrogen (secondary N) is 2. The van der Waals surface area contributed by atoms with E-state index >= 15 is 0 Å². The highest BCUT2D eigenvalue weighted by Gasteiger charge is 2.17. The molecule has 2 heterocycles. The third-order valence-electron chi connectivity index (χ3n) is 3.86. The van der Waals surface area contributed by atoms with E-state index < -0.39 is 0 Å². The van der Waals surface area contributed by atoms with Crippen LogP contribution in [0.2, 0.25) is 0 Å². The topological polar surface area (TPSA) is 74.8 Å². The molecule has 1 unspecified atom stereocenters. The molecule has 3 aromatic rings. The van der Waals surface area contributed by atoms with Gasteiger partial charge >= 0.3 is 0 Å². The first-order chi connectivity index (χ1) is 11.7. The van der Waals surface area contributed by atoms with E-state index in [1.165, 1.54) is 11.3 Å². The van der Waals surface area contributed by atoms with Crippen LogP contribution in [-0.2, 0) is 4.79 Å². The average molecular weight is 341 g/mol. The predicted molar refractivity (Wildman–Crippen MR) is 95.2 cm³/mol. The molecule has 0 radical (unpaired) electrons. The van der Waals surface area contributed by atoms with E-state index in [9.17, 15) is 9.59 Å². The second-order valence-electron chi connectivity index (χ2n) is 5.57. The zero-order valence-electron chi connectivity index (χ0n) is 13.4. The number of rotatable bonds is 7. The molecule has 2 N–H and O–H groups in total. The van der Waals surface area contributed by atoms with E-state index in [0.717, 1.165) is 23.3 Å². The first-order valence-electron chi connectivity index (χ1n) is 7.98. The molecule has 24 heavy (non-hydrogen) atoms. The van der Waals surface area contributed by atoms with Gasteiger partial charge in [-0.15, -0.1) is 11.3 Å². The van der Waals surface area contributed by atoms with E-state index in [4.69, 9.17) is 0 Å². The number of hydrogen-bond donors (Lipinski definition) is 2. The van der Waals surface area contributed by atoms with Gasteiger partial charge in [0.1, 0.15) is 5.82 Å². The van der Waals surface area contributed by atoms with Gasteiger partial charge in [0.05, 0.1) is 22.0 Å². The number of aromatic nitrogens is 2. The number of aromatic amines is 1. The molecule has 0 spiro atoms. The number of nitrogens with zero attached hydrogens (tertiary/aromatic N) is 1. The number of fused-ring (bicyclic) bond motifs is 1. The number of H-pyrrole nitrogens is 1. The quantitative estimate of drug-likeness (QED) is 0.641. The molecule has 5 nitrogen and oxygen atoms in total. The summed E-state index contributed by atoms with van der Waals surface area (Å²) < 4.78 is 0. The summed E-state index contributed by atoms with van der Waals surface area (Å²) in [5, 5.41) is 4.83. The Kier molecular flexibility index (Phi) is 5.05. The van der Waals surface area contributed by atoms with Crippen molar-refractivity contribution in [2.24, 2.45) is 0 Å². The van der Waals surface area contributed by atoms with Crippen molar-refractivity contribution in [2.75, 3.05) is 0 Å². The molecule has 124 valence electrons. The zero-order chi connectivity index (χ0) is 16.9. The lowest BCUT2D eigenvalue weighted by molar-refractivity contribution is -0.121. The molecule has 1 aromatic carbocycles. The molecular weight excluding hydrogens is 322 g/mol. The van der Waals surface area contributed by atoms with Crippen LogP contribution in [0.25, 0.3) is 11.0 Å². The Morgan fingerprint density at radius 1 is 1.21 bits per heavy atom. The third-order valence-corrected chi connectivity index (χ3v) is 4.77. The van der Waals surface area contributed by atoms with Crippen LogP contribution in [-0.4, -0.2) is 21.7 Å². The van der Waals surface area contributed by atoms with Crippen molar-refractivity contribution in [3.63, 3.8) is 0 Å². The van der Waals surface area contributed by atoms with Crippen LogP contribution in [0.1, 0.15) is 47.7 Å². The van der Waals surface area contributed by atoms with Gasteiger partial charge in [-0.3, -0.25) is 9.59 Å². The first kappa shape index (κ1) is 16.4. The smallest absolute Gasteiger partial charge is 0.221 e. The Morgan fingerprint density at radius 2 is 2.04 bits per heavy atom. The molecular formula is C18H19N3O2S. The number of thiophene rings is 1. The Bertz CT molecular complexity index is 806. The van der Waals surface area contributed by atoms with Crippen LogP contribution in [0.4, 0.5) is 0 Å². The highest BCUT2D eigenvalue weighted by molar-refractivity contribution is 7.12. The van der Waals surface area contributed by atoms with Crippen molar-refractivity contribution in [1.29, 1.82) is 0 Å². The number of carbonyl (C=O) groups excluding carboxylic acids is 2. The number of ketones is 1. The fourth-order valence-corrected chi connectivity index (χ4v) is 3.25. The first-order valence-corrected chi connectivity index (χ1v) is 8.86. The summed E-state index contributed by atoms with van der Waals surface area (Å²) in [7, 11) is 0. The molecule has 1 atom stereocenters. The van der Waals surface area contributed by atoms with Gasteiger partial charge < -0.3 is 10.3 Å². The van der Waals surface area contributed by atoms with Gasteiger partial charge in [-0.05, 0) is 30.0 Å². The van der Waals surface area contributed by atoms with Crippen LogP contribution >= 0.6 is 11.3 Å². The molecule has 0 bridgehead atoms.